The minimum absolute atomic E-state index is 0.114. The minimum atomic E-state index is -0.397. The molecule has 1 saturated heterocycles. The quantitative estimate of drug-likeness (QED) is 0.863. The molecule has 0 N–H and O–H groups in total. The lowest BCUT2D eigenvalue weighted by atomic mass is 10.1. The fourth-order valence-electron chi connectivity index (χ4n) is 2.56. The Kier molecular flexibility index (Phi) is 4.38. The van der Waals surface area contributed by atoms with Crippen LogP contribution in [0.25, 0.3) is 0 Å². The van der Waals surface area contributed by atoms with Crippen molar-refractivity contribution in [2.24, 2.45) is 0 Å². The molecule has 1 fully saturated rings. The van der Waals surface area contributed by atoms with Crippen LogP contribution in [0.2, 0.25) is 0 Å². The van der Waals surface area contributed by atoms with Gasteiger partial charge in [0.25, 0.3) is 11.8 Å². The maximum Gasteiger partial charge on any atom is 0.254 e. The van der Waals surface area contributed by atoms with Gasteiger partial charge in [-0.1, -0.05) is 6.07 Å². The summed E-state index contributed by atoms with van der Waals surface area (Å²) in [6.45, 7) is 2.51. The average Bonchev–Trinajstić information content (AvgIpc) is 3.05. The predicted octanol–water partition coefficient (Wildman–Crippen LogP) is 2.09. The second-order valence-corrected chi connectivity index (χ2v) is 5.57. The second-order valence-electron chi connectivity index (χ2n) is 5.57. The van der Waals surface area contributed by atoms with Crippen molar-refractivity contribution in [3.63, 3.8) is 0 Å². The number of carbonyl (C=O) groups excluding carboxylic acids is 1. The van der Waals surface area contributed by atoms with Gasteiger partial charge in [-0.15, -0.1) is 0 Å². The molecule has 0 aliphatic carbocycles. The Bertz CT molecular complexity index is 818. The number of likely N-dealkylation sites (tertiary alicyclic amines) is 1. The van der Waals surface area contributed by atoms with Gasteiger partial charge in [0.1, 0.15) is 18.0 Å². The van der Waals surface area contributed by atoms with E-state index in [9.17, 15) is 9.18 Å². The third-order valence-corrected chi connectivity index (χ3v) is 3.90. The Balaban J connectivity index is 1.68. The summed E-state index contributed by atoms with van der Waals surface area (Å²) in [7, 11) is 0. The van der Waals surface area contributed by atoms with Crippen molar-refractivity contribution >= 4 is 5.91 Å². The highest BCUT2D eigenvalue weighted by molar-refractivity contribution is 5.94. The van der Waals surface area contributed by atoms with E-state index in [0.29, 0.717) is 30.6 Å². The maximum atomic E-state index is 13.6. The Morgan fingerprint density at radius 2 is 2.21 bits per heavy atom. The number of halogens is 1. The fourth-order valence-corrected chi connectivity index (χ4v) is 2.56. The number of nitriles is 1. The molecule has 0 radical (unpaired) electrons. The van der Waals surface area contributed by atoms with Gasteiger partial charge in [0.2, 0.25) is 5.69 Å². The summed E-state index contributed by atoms with van der Waals surface area (Å²) in [6.07, 6.45) is 3.21. The lowest BCUT2D eigenvalue weighted by molar-refractivity contribution is 0.0770. The molecule has 0 bridgehead atoms. The molecule has 1 aromatic heterocycles. The molecular weight excluding hydrogens is 311 g/mol. The number of nitrogens with zero attached hydrogens (tertiary/aromatic N) is 4. The summed E-state index contributed by atoms with van der Waals surface area (Å²) in [5.41, 5.74) is 0.930. The van der Waals surface area contributed by atoms with Crippen molar-refractivity contribution in [1.29, 1.82) is 5.26 Å². The number of benzene rings is 1. The van der Waals surface area contributed by atoms with E-state index in [-0.39, 0.29) is 23.6 Å². The molecule has 6 nitrogen and oxygen atoms in total. The van der Waals surface area contributed by atoms with Gasteiger partial charge in [0.15, 0.2) is 0 Å². The fraction of sp³-hybridized carbons (Fsp3) is 0.294. The first-order chi connectivity index (χ1) is 11.6. The van der Waals surface area contributed by atoms with Gasteiger partial charge < -0.3 is 9.64 Å². The topological polar surface area (TPSA) is 79.1 Å². The van der Waals surface area contributed by atoms with E-state index in [1.54, 1.807) is 24.0 Å². The van der Waals surface area contributed by atoms with Crippen LogP contribution in [0.3, 0.4) is 0 Å². The van der Waals surface area contributed by atoms with Crippen molar-refractivity contribution in [3.8, 4) is 11.9 Å². The van der Waals surface area contributed by atoms with Crippen LogP contribution in [0.1, 0.15) is 28.0 Å². The summed E-state index contributed by atoms with van der Waals surface area (Å²) in [4.78, 5) is 22.0. The van der Waals surface area contributed by atoms with Crippen LogP contribution in [0, 0.1) is 24.1 Å². The third kappa shape index (κ3) is 3.18. The molecule has 1 unspecified atom stereocenters. The molecule has 1 atom stereocenters. The molecule has 24 heavy (non-hydrogen) atoms. The van der Waals surface area contributed by atoms with E-state index in [4.69, 9.17) is 10.00 Å². The maximum absolute atomic E-state index is 13.6. The van der Waals surface area contributed by atoms with Gasteiger partial charge in [-0.05, 0) is 24.6 Å². The van der Waals surface area contributed by atoms with E-state index >= 15 is 0 Å². The minimum Gasteiger partial charge on any atom is -0.470 e. The number of rotatable bonds is 3. The molecule has 2 heterocycles. The number of carbonyl (C=O) groups is 1. The highest BCUT2D eigenvalue weighted by Gasteiger charge is 2.29. The molecule has 2 aromatic rings. The lowest BCUT2D eigenvalue weighted by Gasteiger charge is -2.17. The highest BCUT2D eigenvalue weighted by Crippen LogP contribution is 2.20. The molecule has 7 heteroatoms. The van der Waals surface area contributed by atoms with Crippen molar-refractivity contribution in [2.45, 2.75) is 19.4 Å². The van der Waals surface area contributed by atoms with Gasteiger partial charge in [0.05, 0.1) is 6.54 Å². The Labute approximate surface area is 138 Å². The van der Waals surface area contributed by atoms with Crippen molar-refractivity contribution < 1.29 is 13.9 Å². The van der Waals surface area contributed by atoms with Crippen molar-refractivity contribution in [1.82, 2.24) is 14.9 Å². The largest absolute Gasteiger partial charge is 0.470 e. The van der Waals surface area contributed by atoms with Crippen LogP contribution in [0.5, 0.6) is 5.88 Å². The number of hydrogen-bond donors (Lipinski definition) is 0. The zero-order chi connectivity index (χ0) is 17.1. The summed E-state index contributed by atoms with van der Waals surface area (Å²) in [5, 5.41) is 9.00. The normalized spacial score (nSPS) is 16.7. The first kappa shape index (κ1) is 15.9. The molecule has 1 aliphatic heterocycles. The summed E-state index contributed by atoms with van der Waals surface area (Å²) in [6, 6.07) is 6.38. The molecule has 1 aromatic carbocycles. The standard InChI is InChI=1S/C17H15FN4O2/c1-11-2-3-12(8-14(11)18)17(23)22-7-4-13(10-22)24-16-15(9-19)20-5-6-21-16/h2-3,5-6,8,13H,4,7,10H2,1H3. The van der Waals surface area contributed by atoms with Gasteiger partial charge in [-0.25, -0.2) is 14.4 Å². The van der Waals surface area contributed by atoms with Crippen LogP contribution in [-0.2, 0) is 0 Å². The summed E-state index contributed by atoms with van der Waals surface area (Å²) >= 11 is 0. The lowest BCUT2D eigenvalue weighted by Crippen LogP contribution is -2.31. The van der Waals surface area contributed by atoms with Crippen LogP contribution in [0.15, 0.2) is 30.6 Å². The number of ether oxygens (including phenoxy) is 1. The van der Waals surface area contributed by atoms with E-state index in [1.807, 2.05) is 6.07 Å². The number of amides is 1. The first-order valence-electron chi connectivity index (χ1n) is 7.51. The zero-order valence-corrected chi connectivity index (χ0v) is 13.1. The van der Waals surface area contributed by atoms with Gasteiger partial charge in [0, 0.05) is 30.9 Å². The SMILES string of the molecule is Cc1ccc(C(=O)N2CCC(Oc3nccnc3C#N)C2)cc1F. The van der Waals surface area contributed by atoms with Crippen LogP contribution >= 0.6 is 0 Å². The van der Waals surface area contributed by atoms with E-state index in [2.05, 4.69) is 9.97 Å². The molecular formula is C17H15FN4O2. The molecule has 1 amide bonds. The number of aryl methyl sites for hydroxylation is 1. The van der Waals surface area contributed by atoms with E-state index in [0.717, 1.165) is 0 Å². The third-order valence-electron chi connectivity index (χ3n) is 3.90. The predicted molar refractivity (Wildman–Crippen MR) is 82.8 cm³/mol. The van der Waals surface area contributed by atoms with E-state index < -0.39 is 5.82 Å². The van der Waals surface area contributed by atoms with Gasteiger partial charge in [-0.3, -0.25) is 4.79 Å². The van der Waals surface area contributed by atoms with Crippen LogP contribution in [-0.4, -0.2) is 40.0 Å². The zero-order valence-electron chi connectivity index (χ0n) is 13.1. The van der Waals surface area contributed by atoms with Crippen molar-refractivity contribution in [2.75, 3.05) is 13.1 Å². The summed E-state index contributed by atoms with van der Waals surface area (Å²) in [5.74, 6) is -0.466. The molecule has 3 rings (SSSR count). The van der Waals surface area contributed by atoms with Crippen molar-refractivity contribution in [3.05, 3.63) is 53.2 Å². The Morgan fingerprint density at radius 3 is 2.96 bits per heavy atom. The number of hydrogen-bond acceptors (Lipinski definition) is 5. The molecule has 122 valence electrons. The Morgan fingerprint density at radius 1 is 1.42 bits per heavy atom. The number of aromatic nitrogens is 2. The monoisotopic (exact) mass is 326 g/mol. The second kappa shape index (κ2) is 6.62. The van der Waals surface area contributed by atoms with Crippen LogP contribution in [0.4, 0.5) is 4.39 Å². The summed E-state index contributed by atoms with van der Waals surface area (Å²) < 4.78 is 19.3. The highest BCUT2D eigenvalue weighted by atomic mass is 19.1. The van der Waals surface area contributed by atoms with Gasteiger partial charge in [-0.2, -0.15) is 5.26 Å². The van der Waals surface area contributed by atoms with E-state index in [1.165, 1.54) is 18.5 Å². The molecule has 0 saturated carbocycles. The average molecular weight is 326 g/mol. The Hall–Kier alpha value is -3.01. The molecule has 1 aliphatic rings. The van der Waals surface area contributed by atoms with Crippen LogP contribution < -0.4 is 4.74 Å². The molecule has 0 spiro atoms. The van der Waals surface area contributed by atoms with Gasteiger partial charge >= 0.3 is 0 Å². The smallest absolute Gasteiger partial charge is 0.254 e. The first-order valence-corrected chi connectivity index (χ1v) is 7.51.